The van der Waals surface area contributed by atoms with Gasteiger partial charge in [-0.3, -0.25) is 0 Å². The van der Waals surface area contributed by atoms with Crippen LogP contribution in [0.15, 0.2) is 30.3 Å². The van der Waals surface area contributed by atoms with Crippen molar-refractivity contribution in [1.82, 2.24) is 4.98 Å². The van der Waals surface area contributed by atoms with Gasteiger partial charge in [-0.05, 0) is 26.0 Å². The van der Waals surface area contributed by atoms with Crippen molar-refractivity contribution in [1.29, 1.82) is 0 Å². The second-order valence-electron chi connectivity index (χ2n) is 4.18. The fourth-order valence-electron chi connectivity index (χ4n) is 1.62. The van der Waals surface area contributed by atoms with E-state index in [-0.39, 0.29) is 0 Å². The van der Waals surface area contributed by atoms with Gasteiger partial charge in [-0.25, -0.2) is 4.98 Å². The van der Waals surface area contributed by atoms with Crippen molar-refractivity contribution < 1.29 is 5.11 Å². The Balaban J connectivity index is 2.73. The molecule has 0 amide bonds. The molecule has 1 aromatic carbocycles. The minimum Gasteiger partial charge on any atom is -0.397 e. The summed E-state index contributed by atoms with van der Waals surface area (Å²) in [4.78, 5) is 4.37. The minimum absolute atomic E-state index is 0.529. The van der Waals surface area contributed by atoms with E-state index in [0.717, 1.165) is 10.9 Å². The molecule has 0 spiro atoms. The van der Waals surface area contributed by atoms with Crippen LogP contribution in [0, 0.1) is 0 Å². The summed E-state index contributed by atoms with van der Waals surface area (Å²) in [5.74, 6) is 0. The number of nitrogen functional groups attached to an aromatic ring is 1. The predicted octanol–water partition coefficient (Wildman–Crippen LogP) is 2.04. The summed E-state index contributed by atoms with van der Waals surface area (Å²) in [5.41, 5.74) is 6.75. The van der Waals surface area contributed by atoms with Crippen molar-refractivity contribution in [2.45, 2.75) is 19.4 Å². The fraction of sp³-hybridized carbons (Fsp3) is 0.250. The molecule has 0 unspecified atom stereocenters. The highest BCUT2D eigenvalue weighted by molar-refractivity contribution is 5.82. The van der Waals surface area contributed by atoms with Crippen LogP contribution in [0.1, 0.15) is 19.5 Å². The van der Waals surface area contributed by atoms with Crippen LogP contribution in [0.4, 0.5) is 5.69 Å². The van der Waals surface area contributed by atoms with Gasteiger partial charge in [0.2, 0.25) is 0 Å². The van der Waals surface area contributed by atoms with Gasteiger partial charge in [-0.2, -0.15) is 0 Å². The Labute approximate surface area is 88.6 Å². The molecule has 1 heterocycles. The first-order valence-electron chi connectivity index (χ1n) is 4.86. The molecule has 0 saturated heterocycles. The van der Waals surface area contributed by atoms with Gasteiger partial charge in [0.05, 0.1) is 16.9 Å². The van der Waals surface area contributed by atoms with E-state index in [9.17, 15) is 5.11 Å². The SMILES string of the molecule is CC(C)(O)c1nc2ccccc2cc1N. The summed E-state index contributed by atoms with van der Waals surface area (Å²) in [7, 11) is 0. The van der Waals surface area contributed by atoms with Crippen molar-refractivity contribution in [3.05, 3.63) is 36.0 Å². The predicted molar refractivity (Wildman–Crippen MR) is 61.4 cm³/mol. The van der Waals surface area contributed by atoms with Gasteiger partial charge in [0.25, 0.3) is 0 Å². The summed E-state index contributed by atoms with van der Waals surface area (Å²) in [6.45, 7) is 3.36. The number of aliphatic hydroxyl groups is 1. The topological polar surface area (TPSA) is 59.1 Å². The molecule has 3 heteroatoms. The second kappa shape index (κ2) is 3.21. The Hall–Kier alpha value is -1.61. The molecule has 0 fully saturated rings. The Morgan fingerprint density at radius 2 is 1.93 bits per heavy atom. The summed E-state index contributed by atoms with van der Waals surface area (Å²) in [6, 6.07) is 9.55. The lowest BCUT2D eigenvalue weighted by atomic mass is 10.0. The smallest absolute Gasteiger partial charge is 0.103 e. The lowest BCUT2D eigenvalue weighted by molar-refractivity contribution is 0.0751. The van der Waals surface area contributed by atoms with E-state index in [1.807, 2.05) is 30.3 Å². The van der Waals surface area contributed by atoms with E-state index < -0.39 is 5.60 Å². The summed E-state index contributed by atoms with van der Waals surface area (Å²) >= 11 is 0. The van der Waals surface area contributed by atoms with Crippen molar-refractivity contribution in [2.75, 3.05) is 5.73 Å². The van der Waals surface area contributed by atoms with Crippen molar-refractivity contribution in [2.24, 2.45) is 0 Å². The average molecular weight is 202 g/mol. The van der Waals surface area contributed by atoms with E-state index in [4.69, 9.17) is 5.73 Å². The molecular weight excluding hydrogens is 188 g/mol. The Morgan fingerprint density at radius 1 is 1.27 bits per heavy atom. The second-order valence-corrected chi connectivity index (χ2v) is 4.18. The highest BCUT2D eigenvalue weighted by Gasteiger charge is 2.21. The average Bonchev–Trinajstić information content (AvgIpc) is 2.15. The maximum atomic E-state index is 9.89. The Morgan fingerprint density at radius 3 is 2.60 bits per heavy atom. The number of hydrogen-bond acceptors (Lipinski definition) is 3. The zero-order valence-electron chi connectivity index (χ0n) is 8.86. The summed E-state index contributed by atoms with van der Waals surface area (Å²) in [5, 5.41) is 10.9. The normalized spacial score (nSPS) is 11.9. The first kappa shape index (κ1) is 9.93. The molecule has 78 valence electrons. The van der Waals surface area contributed by atoms with Crippen LogP contribution in [-0.4, -0.2) is 10.1 Å². The summed E-state index contributed by atoms with van der Waals surface area (Å²) in [6.07, 6.45) is 0. The zero-order valence-corrected chi connectivity index (χ0v) is 8.86. The standard InChI is InChI=1S/C12H14N2O/c1-12(2,15)11-9(13)7-8-5-3-4-6-10(8)14-11/h3-7,15H,13H2,1-2H3. The fourth-order valence-corrected chi connectivity index (χ4v) is 1.62. The van der Waals surface area contributed by atoms with Gasteiger partial charge >= 0.3 is 0 Å². The molecular formula is C12H14N2O. The Kier molecular flexibility index (Phi) is 2.12. The third-order valence-corrected chi connectivity index (χ3v) is 2.33. The first-order chi connectivity index (χ1) is 6.98. The van der Waals surface area contributed by atoms with E-state index in [1.165, 1.54) is 0 Å². The molecule has 2 rings (SSSR count). The highest BCUT2D eigenvalue weighted by atomic mass is 16.3. The molecule has 0 atom stereocenters. The zero-order chi connectivity index (χ0) is 11.1. The summed E-state index contributed by atoms with van der Waals surface area (Å²) < 4.78 is 0. The number of pyridine rings is 1. The van der Waals surface area contributed by atoms with Crippen LogP contribution in [0.2, 0.25) is 0 Å². The van der Waals surface area contributed by atoms with Gasteiger partial charge in [-0.15, -0.1) is 0 Å². The number of aromatic nitrogens is 1. The van der Waals surface area contributed by atoms with E-state index in [0.29, 0.717) is 11.4 Å². The highest BCUT2D eigenvalue weighted by Crippen LogP contribution is 2.26. The third kappa shape index (κ3) is 1.78. The van der Waals surface area contributed by atoms with Crippen molar-refractivity contribution >= 4 is 16.6 Å². The van der Waals surface area contributed by atoms with Crippen LogP contribution < -0.4 is 5.73 Å². The number of rotatable bonds is 1. The number of anilines is 1. The Bertz CT molecular complexity index is 500. The lowest BCUT2D eigenvalue weighted by Gasteiger charge is -2.19. The molecule has 0 bridgehead atoms. The molecule has 0 saturated carbocycles. The third-order valence-electron chi connectivity index (χ3n) is 2.33. The molecule has 0 radical (unpaired) electrons. The molecule has 3 nitrogen and oxygen atoms in total. The largest absolute Gasteiger partial charge is 0.397 e. The number of nitrogens with zero attached hydrogens (tertiary/aromatic N) is 1. The van der Waals surface area contributed by atoms with Crippen molar-refractivity contribution in [3.8, 4) is 0 Å². The number of hydrogen-bond donors (Lipinski definition) is 2. The molecule has 0 aliphatic carbocycles. The van der Waals surface area contributed by atoms with E-state index >= 15 is 0 Å². The molecule has 1 aromatic heterocycles. The number of para-hydroxylation sites is 1. The lowest BCUT2D eigenvalue weighted by Crippen LogP contribution is -2.19. The van der Waals surface area contributed by atoms with E-state index in [2.05, 4.69) is 4.98 Å². The monoisotopic (exact) mass is 202 g/mol. The van der Waals surface area contributed by atoms with Crippen LogP contribution in [0.5, 0.6) is 0 Å². The molecule has 0 aliphatic heterocycles. The number of nitrogens with two attached hydrogens (primary N) is 1. The minimum atomic E-state index is -1.01. The van der Waals surface area contributed by atoms with Gasteiger partial charge in [0.1, 0.15) is 5.60 Å². The van der Waals surface area contributed by atoms with Gasteiger partial charge in [0.15, 0.2) is 0 Å². The maximum Gasteiger partial charge on any atom is 0.103 e. The molecule has 15 heavy (non-hydrogen) atoms. The van der Waals surface area contributed by atoms with Crippen LogP contribution in [-0.2, 0) is 5.60 Å². The van der Waals surface area contributed by atoms with Gasteiger partial charge in [-0.1, -0.05) is 18.2 Å². The maximum absolute atomic E-state index is 9.89. The van der Waals surface area contributed by atoms with Crippen LogP contribution in [0.25, 0.3) is 10.9 Å². The first-order valence-corrected chi connectivity index (χ1v) is 4.86. The quantitative estimate of drug-likeness (QED) is 0.744. The van der Waals surface area contributed by atoms with Gasteiger partial charge < -0.3 is 10.8 Å². The number of benzene rings is 1. The van der Waals surface area contributed by atoms with Gasteiger partial charge in [0, 0.05) is 5.39 Å². The molecule has 2 aromatic rings. The van der Waals surface area contributed by atoms with E-state index in [1.54, 1.807) is 13.8 Å². The number of fused-ring (bicyclic) bond motifs is 1. The van der Waals surface area contributed by atoms with Crippen molar-refractivity contribution in [3.63, 3.8) is 0 Å². The molecule has 0 aliphatic rings. The van der Waals surface area contributed by atoms with Crippen LogP contribution >= 0.6 is 0 Å². The molecule has 3 N–H and O–H groups in total. The van der Waals surface area contributed by atoms with Crippen LogP contribution in [0.3, 0.4) is 0 Å².